The molecule has 0 saturated carbocycles. The summed E-state index contributed by atoms with van der Waals surface area (Å²) in [6.45, 7) is 0.556. The number of hydrogen-bond acceptors (Lipinski definition) is 4. The van der Waals surface area contributed by atoms with Crippen LogP contribution in [0.2, 0.25) is 5.02 Å². The van der Waals surface area contributed by atoms with Gasteiger partial charge in [-0.3, -0.25) is 9.36 Å². The van der Waals surface area contributed by atoms with Gasteiger partial charge in [-0.15, -0.1) is 5.10 Å². The average Bonchev–Trinajstić information content (AvgIpc) is 2.79. The fraction of sp³-hybridized carbons (Fsp3) is 0.308. The Labute approximate surface area is 130 Å². The highest BCUT2D eigenvalue weighted by atomic mass is 35.5. The first-order chi connectivity index (χ1) is 10.1. The maximum atomic E-state index is 11.7. The molecule has 2 N–H and O–H groups in total. The first kappa shape index (κ1) is 15.7. The molecule has 21 heavy (non-hydrogen) atoms. The molecule has 1 amide bonds. The van der Waals surface area contributed by atoms with Crippen molar-refractivity contribution in [1.29, 1.82) is 0 Å². The molecule has 8 heteroatoms. The highest BCUT2D eigenvalue weighted by Gasteiger charge is 2.08. The van der Waals surface area contributed by atoms with E-state index in [1.807, 2.05) is 24.3 Å². The van der Waals surface area contributed by atoms with Gasteiger partial charge in [-0.2, -0.15) is 0 Å². The molecule has 0 fully saturated rings. The van der Waals surface area contributed by atoms with E-state index >= 15 is 0 Å². The number of amides is 1. The number of hydrogen-bond donors (Lipinski definition) is 2. The quantitative estimate of drug-likeness (QED) is 0.782. The number of nitrogens with one attached hydrogen (secondary N) is 2. The maximum Gasteiger partial charge on any atom is 0.343 e. The molecule has 0 aliphatic carbocycles. The van der Waals surface area contributed by atoms with Crippen LogP contribution >= 0.6 is 23.4 Å². The van der Waals surface area contributed by atoms with Gasteiger partial charge in [0.25, 0.3) is 0 Å². The Bertz CT molecular complexity index is 666. The number of aromatic amines is 1. The zero-order valence-electron chi connectivity index (χ0n) is 11.4. The lowest BCUT2D eigenvalue weighted by Crippen LogP contribution is -2.27. The van der Waals surface area contributed by atoms with Crippen molar-refractivity contribution < 1.29 is 4.79 Å². The molecule has 6 nitrogen and oxygen atoms in total. The van der Waals surface area contributed by atoms with E-state index in [1.165, 1.54) is 16.3 Å². The van der Waals surface area contributed by atoms with Gasteiger partial charge in [-0.1, -0.05) is 35.5 Å². The van der Waals surface area contributed by atoms with Gasteiger partial charge >= 0.3 is 5.69 Å². The molecule has 1 aromatic heterocycles. The van der Waals surface area contributed by atoms with Crippen LogP contribution in [0, 0.1) is 0 Å². The molecule has 0 spiro atoms. The smallest absolute Gasteiger partial charge is 0.343 e. The summed E-state index contributed by atoms with van der Waals surface area (Å²) in [5.74, 6) is 0.128. The molecule has 0 bridgehead atoms. The molecule has 2 rings (SSSR count). The molecule has 0 unspecified atom stereocenters. The SMILES string of the molecule is Cn1c(SCC(=O)NCCc2ccc(Cl)cc2)n[nH]c1=O. The number of benzene rings is 1. The van der Waals surface area contributed by atoms with Gasteiger partial charge in [0.15, 0.2) is 5.16 Å². The summed E-state index contributed by atoms with van der Waals surface area (Å²) in [4.78, 5) is 22.9. The van der Waals surface area contributed by atoms with E-state index in [-0.39, 0.29) is 17.3 Å². The number of H-pyrrole nitrogens is 1. The molecule has 112 valence electrons. The molecule has 0 aliphatic heterocycles. The highest BCUT2D eigenvalue weighted by molar-refractivity contribution is 7.99. The van der Waals surface area contributed by atoms with Crippen molar-refractivity contribution in [1.82, 2.24) is 20.1 Å². The first-order valence-electron chi connectivity index (χ1n) is 6.31. The Morgan fingerprint density at radius 1 is 1.43 bits per heavy atom. The van der Waals surface area contributed by atoms with E-state index in [0.717, 1.165) is 12.0 Å². The monoisotopic (exact) mass is 326 g/mol. The number of carbonyl (C=O) groups is 1. The lowest BCUT2D eigenvalue weighted by molar-refractivity contribution is -0.118. The molecular weight excluding hydrogens is 312 g/mol. The summed E-state index contributed by atoms with van der Waals surface area (Å²) in [5, 5.41) is 10.2. The van der Waals surface area contributed by atoms with E-state index in [2.05, 4.69) is 15.5 Å². The van der Waals surface area contributed by atoms with Crippen LogP contribution in [-0.4, -0.2) is 33.0 Å². The van der Waals surface area contributed by atoms with Crippen LogP contribution in [0.5, 0.6) is 0 Å². The lowest BCUT2D eigenvalue weighted by atomic mass is 10.1. The number of thioether (sulfide) groups is 1. The Kier molecular flexibility index (Phi) is 5.46. The minimum atomic E-state index is -0.291. The van der Waals surface area contributed by atoms with Gasteiger partial charge < -0.3 is 5.32 Å². The number of aromatic nitrogens is 3. The van der Waals surface area contributed by atoms with Crippen LogP contribution in [0.1, 0.15) is 5.56 Å². The fourth-order valence-corrected chi connectivity index (χ4v) is 2.52. The van der Waals surface area contributed by atoms with E-state index in [0.29, 0.717) is 16.7 Å². The predicted octanol–water partition coefficient (Wildman–Crippen LogP) is 1.21. The Balaban J connectivity index is 1.71. The molecular formula is C13H15ClN4O2S. The standard InChI is InChI=1S/C13H15ClN4O2S/c1-18-12(20)16-17-13(18)21-8-11(19)15-7-6-9-2-4-10(14)5-3-9/h2-5H,6-8H2,1H3,(H,15,19)(H,16,20). The number of nitrogens with zero attached hydrogens (tertiary/aromatic N) is 2. The zero-order chi connectivity index (χ0) is 15.2. The number of halogens is 1. The van der Waals surface area contributed by atoms with Crippen molar-refractivity contribution >= 4 is 29.3 Å². The summed E-state index contributed by atoms with van der Waals surface area (Å²) in [6.07, 6.45) is 0.745. The van der Waals surface area contributed by atoms with Crippen LogP contribution < -0.4 is 11.0 Å². The van der Waals surface area contributed by atoms with Gasteiger partial charge in [0, 0.05) is 18.6 Å². The minimum Gasteiger partial charge on any atom is -0.355 e. The van der Waals surface area contributed by atoms with Crippen molar-refractivity contribution in [2.24, 2.45) is 7.05 Å². The minimum absolute atomic E-state index is 0.0931. The third-order valence-corrected chi connectivity index (χ3v) is 4.10. The first-order valence-corrected chi connectivity index (χ1v) is 7.68. The van der Waals surface area contributed by atoms with Crippen molar-refractivity contribution in [3.63, 3.8) is 0 Å². The van der Waals surface area contributed by atoms with Crippen LogP contribution in [-0.2, 0) is 18.3 Å². The van der Waals surface area contributed by atoms with Crippen molar-refractivity contribution in [2.75, 3.05) is 12.3 Å². The van der Waals surface area contributed by atoms with Crippen LogP contribution in [0.25, 0.3) is 0 Å². The molecule has 0 saturated heterocycles. The summed E-state index contributed by atoms with van der Waals surface area (Å²) in [7, 11) is 1.60. The van der Waals surface area contributed by atoms with Crippen LogP contribution in [0.15, 0.2) is 34.2 Å². The third-order valence-electron chi connectivity index (χ3n) is 2.82. The molecule has 1 heterocycles. The summed E-state index contributed by atoms with van der Waals surface area (Å²) in [6, 6.07) is 7.52. The third kappa shape index (κ3) is 4.64. The molecule has 0 radical (unpaired) electrons. The molecule has 2 aromatic rings. The number of rotatable bonds is 6. The second-order valence-electron chi connectivity index (χ2n) is 4.39. The van der Waals surface area contributed by atoms with E-state index < -0.39 is 0 Å². The van der Waals surface area contributed by atoms with Gasteiger partial charge in [-0.25, -0.2) is 9.89 Å². The summed E-state index contributed by atoms with van der Waals surface area (Å²) < 4.78 is 1.37. The Morgan fingerprint density at radius 3 is 2.76 bits per heavy atom. The van der Waals surface area contributed by atoms with E-state index in [1.54, 1.807) is 7.05 Å². The maximum absolute atomic E-state index is 11.7. The van der Waals surface area contributed by atoms with Crippen molar-refractivity contribution in [3.05, 3.63) is 45.3 Å². The molecule has 1 aromatic carbocycles. The summed E-state index contributed by atoms with van der Waals surface area (Å²) in [5.41, 5.74) is 0.822. The number of carbonyl (C=O) groups excluding carboxylic acids is 1. The van der Waals surface area contributed by atoms with Gasteiger partial charge in [0.05, 0.1) is 5.75 Å². The summed E-state index contributed by atoms with van der Waals surface area (Å²) >= 11 is 7.02. The topological polar surface area (TPSA) is 79.8 Å². The van der Waals surface area contributed by atoms with Gasteiger partial charge in [0.2, 0.25) is 5.91 Å². The van der Waals surface area contributed by atoms with E-state index in [4.69, 9.17) is 11.6 Å². The van der Waals surface area contributed by atoms with Crippen molar-refractivity contribution in [3.8, 4) is 0 Å². The highest BCUT2D eigenvalue weighted by Crippen LogP contribution is 2.11. The van der Waals surface area contributed by atoms with E-state index in [9.17, 15) is 9.59 Å². The Hall–Kier alpha value is -1.73. The fourth-order valence-electron chi connectivity index (χ4n) is 1.64. The largest absolute Gasteiger partial charge is 0.355 e. The van der Waals surface area contributed by atoms with Gasteiger partial charge in [0.1, 0.15) is 0 Å². The average molecular weight is 327 g/mol. The normalized spacial score (nSPS) is 10.6. The second-order valence-corrected chi connectivity index (χ2v) is 5.76. The second kappa shape index (κ2) is 7.33. The zero-order valence-corrected chi connectivity index (χ0v) is 13.0. The van der Waals surface area contributed by atoms with Crippen LogP contribution in [0.3, 0.4) is 0 Å². The van der Waals surface area contributed by atoms with Gasteiger partial charge in [-0.05, 0) is 24.1 Å². The van der Waals surface area contributed by atoms with Crippen LogP contribution in [0.4, 0.5) is 0 Å². The Morgan fingerprint density at radius 2 is 2.14 bits per heavy atom. The predicted molar refractivity (Wildman–Crippen MR) is 82.7 cm³/mol. The van der Waals surface area contributed by atoms with Crippen molar-refractivity contribution in [2.45, 2.75) is 11.6 Å². The molecule has 0 atom stereocenters. The molecule has 0 aliphatic rings. The lowest BCUT2D eigenvalue weighted by Gasteiger charge is -2.05.